The van der Waals surface area contributed by atoms with Crippen LogP contribution in [0.15, 0.2) is 194 Å². The Kier molecular flexibility index (Phi) is 7.62. The van der Waals surface area contributed by atoms with Gasteiger partial charge < -0.3 is 0 Å². The van der Waals surface area contributed by atoms with Crippen LogP contribution in [0.25, 0.3) is 52.2 Å². The van der Waals surface area contributed by atoms with Crippen molar-refractivity contribution in [2.75, 3.05) is 0 Å². The molecule has 0 saturated carbocycles. The van der Waals surface area contributed by atoms with Gasteiger partial charge in [0.25, 0.3) is 0 Å². The molecule has 0 nitrogen and oxygen atoms in total. The molecule has 10 aromatic rings. The summed E-state index contributed by atoms with van der Waals surface area (Å²) in [6, 6.07) is 71.0. The molecule has 0 bridgehead atoms. The Bertz CT molecular complexity index is 3210. The van der Waals surface area contributed by atoms with Crippen molar-refractivity contribution in [1.82, 2.24) is 0 Å². The van der Waals surface area contributed by atoms with Gasteiger partial charge in [0.1, 0.15) is 0 Å². The molecule has 0 N–H and O–H groups in total. The number of hydrogen-bond donors (Lipinski definition) is 0. The minimum atomic E-state index is -0.589. The van der Waals surface area contributed by atoms with E-state index in [0.717, 1.165) is 21.2 Å². The maximum Gasteiger partial charge on any atom is 0.0728 e. The van der Waals surface area contributed by atoms with Crippen molar-refractivity contribution in [2.24, 2.45) is 0 Å². The Hall–Kier alpha value is -5.74. The van der Waals surface area contributed by atoms with E-state index in [1.165, 1.54) is 85.6 Å². The van der Waals surface area contributed by atoms with Crippen molar-refractivity contribution >= 4 is 66.0 Å². The van der Waals surface area contributed by atoms with Gasteiger partial charge in [-0.3, -0.25) is 0 Å². The monoisotopic (exact) mass is 814 g/mol. The van der Waals surface area contributed by atoms with Gasteiger partial charge in [0.05, 0.1) is 10.8 Å². The van der Waals surface area contributed by atoms with Crippen LogP contribution in [-0.2, 0) is 10.8 Å². The van der Waals surface area contributed by atoms with Crippen LogP contribution >= 0.6 is 45.9 Å². The number of benzene rings is 8. The molecule has 8 aromatic carbocycles. The Morgan fingerprint density at radius 3 is 1.48 bits per heavy atom. The maximum atomic E-state index is 7.39. The molecule has 4 heteroatoms. The summed E-state index contributed by atoms with van der Waals surface area (Å²) in [7, 11) is 0. The zero-order valence-electron chi connectivity index (χ0n) is 31.0. The first kappa shape index (κ1) is 34.3. The highest BCUT2D eigenvalue weighted by atomic mass is 35.5. The van der Waals surface area contributed by atoms with Gasteiger partial charge in [0.2, 0.25) is 0 Å². The van der Waals surface area contributed by atoms with Gasteiger partial charge in [-0.05, 0) is 114 Å². The Labute approximate surface area is 355 Å². The first-order valence-corrected chi connectivity index (χ1v) is 21.9. The van der Waals surface area contributed by atoms with E-state index in [1.807, 2.05) is 22.7 Å². The molecular formula is C54H32Cl2S2. The lowest BCUT2D eigenvalue weighted by Crippen LogP contribution is -2.28. The first-order valence-electron chi connectivity index (χ1n) is 19.5. The molecule has 12 rings (SSSR count). The first-order chi connectivity index (χ1) is 28.6. The lowest BCUT2D eigenvalue weighted by Gasteiger charge is -2.34. The molecule has 274 valence electrons. The average Bonchev–Trinajstić information content (AvgIpc) is 4.00. The highest BCUT2D eigenvalue weighted by Crippen LogP contribution is 2.65. The third-order valence-electron chi connectivity index (χ3n) is 12.5. The van der Waals surface area contributed by atoms with E-state index < -0.39 is 10.8 Å². The van der Waals surface area contributed by atoms with E-state index in [1.54, 1.807) is 0 Å². The Morgan fingerprint density at radius 2 is 0.862 bits per heavy atom. The maximum absolute atomic E-state index is 7.39. The predicted octanol–water partition coefficient (Wildman–Crippen LogP) is 15.8. The van der Waals surface area contributed by atoms with Crippen LogP contribution in [0, 0.1) is 0 Å². The van der Waals surface area contributed by atoms with E-state index in [2.05, 4.69) is 194 Å². The molecule has 2 heterocycles. The number of rotatable bonds is 5. The molecule has 2 aliphatic rings. The van der Waals surface area contributed by atoms with Gasteiger partial charge in [-0.15, -0.1) is 22.7 Å². The summed E-state index contributed by atoms with van der Waals surface area (Å²) in [5.74, 6) is 0. The van der Waals surface area contributed by atoms with E-state index >= 15 is 0 Å². The third-order valence-corrected chi connectivity index (χ3v) is 15.4. The van der Waals surface area contributed by atoms with Crippen molar-refractivity contribution in [1.29, 1.82) is 0 Å². The molecule has 1 unspecified atom stereocenters. The van der Waals surface area contributed by atoms with Crippen LogP contribution in [0.3, 0.4) is 0 Å². The second kappa shape index (κ2) is 12.9. The summed E-state index contributed by atoms with van der Waals surface area (Å²) >= 11 is 18.0. The fourth-order valence-electron chi connectivity index (χ4n) is 10.4. The predicted molar refractivity (Wildman–Crippen MR) is 247 cm³/mol. The van der Waals surface area contributed by atoms with Gasteiger partial charge in [0.15, 0.2) is 0 Å². The lowest BCUT2D eigenvalue weighted by molar-refractivity contribution is 0.776. The van der Waals surface area contributed by atoms with Gasteiger partial charge >= 0.3 is 0 Å². The molecule has 0 radical (unpaired) electrons. The Balaban J connectivity index is 1.19. The standard InChI is InChI=1S/C54H32Cl2S2/c55-38-27-28-44-43(30-38)51-49(40-23-10-12-25-46(40)57-51)54(44,36-20-8-3-9-21-36)37-22-14-15-33(29-37)42-31-39(56)32-45-48(42)52-50(41-24-11-13-26-47(41)58-52)53(45,34-16-4-1-5-17-34)35-18-6-2-7-19-35/h1-32H. The van der Waals surface area contributed by atoms with Gasteiger partial charge in [0, 0.05) is 34.8 Å². The molecule has 0 aliphatic heterocycles. The van der Waals surface area contributed by atoms with E-state index in [9.17, 15) is 0 Å². The van der Waals surface area contributed by atoms with E-state index in [4.69, 9.17) is 23.2 Å². The Morgan fingerprint density at radius 1 is 0.362 bits per heavy atom. The normalized spacial score (nSPS) is 16.0. The van der Waals surface area contributed by atoms with Crippen LogP contribution in [-0.4, -0.2) is 0 Å². The molecule has 0 fully saturated rings. The van der Waals surface area contributed by atoms with Crippen molar-refractivity contribution in [3.8, 4) is 32.0 Å². The fraction of sp³-hybridized carbons (Fsp3) is 0.0370. The topological polar surface area (TPSA) is 0 Å². The quantitative estimate of drug-likeness (QED) is 0.162. The molecule has 2 aromatic heterocycles. The van der Waals surface area contributed by atoms with Crippen molar-refractivity contribution in [3.63, 3.8) is 0 Å². The van der Waals surface area contributed by atoms with Crippen molar-refractivity contribution in [3.05, 3.63) is 249 Å². The number of halogens is 2. The summed E-state index contributed by atoms with van der Waals surface area (Å²) in [6.07, 6.45) is 0. The second-order valence-electron chi connectivity index (χ2n) is 15.3. The number of hydrogen-bond acceptors (Lipinski definition) is 2. The molecule has 2 aliphatic carbocycles. The van der Waals surface area contributed by atoms with Gasteiger partial charge in [-0.2, -0.15) is 0 Å². The summed E-state index contributed by atoms with van der Waals surface area (Å²) in [5.41, 5.74) is 13.6. The summed E-state index contributed by atoms with van der Waals surface area (Å²) in [4.78, 5) is 2.58. The van der Waals surface area contributed by atoms with E-state index in [0.29, 0.717) is 0 Å². The third kappa shape index (κ3) is 4.58. The van der Waals surface area contributed by atoms with Crippen LogP contribution in [0.4, 0.5) is 0 Å². The number of fused-ring (bicyclic) bond motifs is 10. The van der Waals surface area contributed by atoms with Crippen LogP contribution in [0.2, 0.25) is 10.0 Å². The lowest BCUT2D eigenvalue weighted by atomic mass is 9.66. The summed E-state index contributed by atoms with van der Waals surface area (Å²) in [5, 5.41) is 4.02. The minimum Gasteiger partial charge on any atom is -0.135 e. The minimum absolute atomic E-state index is 0.580. The smallest absolute Gasteiger partial charge is 0.0728 e. The molecular weight excluding hydrogens is 784 g/mol. The molecule has 0 saturated heterocycles. The summed E-state index contributed by atoms with van der Waals surface area (Å²) in [6.45, 7) is 0. The molecule has 58 heavy (non-hydrogen) atoms. The summed E-state index contributed by atoms with van der Waals surface area (Å²) < 4.78 is 2.56. The SMILES string of the molecule is Clc1ccc2c(c1)-c1sc3ccccc3c1C2(c1ccccc1)c1cccc(-c2cc(Cl)cc3c2-c2sc4ccccc4c2C3(c2ccccc2)c2ccccc2)c1. The molecule has 1 atom stereocenters. The zero-order valence-corrected chi connectivity index (χ0v) is 34.2. The highest BCUT2D eigenvalue weighted by molar-refractivity contribution is 7.23. The van der Waals surface area contributed by atoms with Crippen LogP contribution < -0.4 is 0 Å². The molecule has 0 spiro atoms. The average molecular weight is 816 g/mol. The molecule has 0 amide bonds. The largest absolute Gasteiger partial charge is 0.135 e. The van der Waals surface area contributed by atoms with Crippen molar-refractivity contribution in [2.45, 2.75) is 10.8 Å². The zero-order chi connectivity index (χ0) is 38.6. The van der Waals surface area contributed by atoms with Crippen LogP contribution in [0.5, 0.6) is 0 Å². The number of thiophene rings is 2. The fourth-order valence-corrected chi connectivity index (χ4v) is 13.4. The second-order valence-corrected chi connectivity index (χ2v) is 18.3. The highest BCUT2D eigenvalue weighted by Gasteiger charge is 2.51. The van der Waals surface area contributed by atoms with Gasteiger partial charge in [-0.25, -0.2) is 0 Å². The van der Waals surface area contributed by atoms with Crippen molar-refractivity contribution < 1.29 is 0 Å². The van der Waals surface area contributed by atoms with Crippen LogP contribution in [0.1, 0.15) is 44.5 Å². The van der Waals surface area contributed by atoms with E-state index in [-0.39, 0.29) is 0 Å². The van der Waals surface area contributed by atoms with Gasteiger partial charge in [-0.1, -0.05) is 175 Å².